The van der Waals surface area contributed by atoms with Crippen molar-refractivity contribution in [2.75, 3.05) is 13.1 Å². The first-order valence-corrected chi connectivity index (χ1v) is 13.5. The van der Waals surface area contributed by atoms with Crippen LogP contribution in [-0.2, 0) is 10.0 Å². The number of fused-ring (bicyclic) bond motifs is 2. The molecule has 6 rings (SSSR count). The van der Waals surface area contributed by atoms with E-state index in [0.717, 1.165) is 16.7 Å². The molecule has 0 spiro atoms. The normalized spacial score (nSPS) is 18.0. The number of rotatable bonds is 4. The summed E-state index contributed by atoms with van der Waals surface area (Å²) in [5.41, 5.74) is 1.46. The summed E-state index contributed by atoms with van der Waals surface area (Å²) in [6, 6.07) is 10.4. The Morgan fingerprint density at radius 3 is 2.61 bits per heavy atom. The summed E-state index contributed by atoms with van der Waals surface area (Å²) >= 11 is 6.46. The second kappa shape index (κ2) is 8.50. The van der Waals surface area contributed by atoms with Gasteiger partial charge in [-0.05, 0) is 43.2 Å². The Labute approximate surface area is 215 Å². The Hall–Kier alpha value is -3.08. The Kier molecular flexibility index (Phi) is 5.51. The van der Waals surface area contributed by atoms with Gasteiger partial charge in [-0.15, -0.1) is 0 Å². The van der Waals surface area contributed by atoms with E-state index in [4.69, 9.17) is 26.1 Å². The molecule has 0 atom stereocenters. The van der Waals surface area contributed by atoms with Gasteiger partial charge < -0.3 is 14.0 Å². The highest BCUT2D eigenvalue weighted by Gasteiger charge is 2.35. The molecule has 3 aromatic heterocycles. The minimum atomic E-state index is -3.70. The summed E-state index contributed by atoms with van der Waals surface area (Å²) in [6.07, 6.45) is 6.22. The van der Waals surface area contributed by atoms with E-state index >= 15 is 0 Å². The van der Waals surface area contributed by atoms with Crippen molar-refractivity contribution < 1.29 is 17.9 Å². The summed E-state index contributed by atoms with van der Waals surface area (Å²) in [6.45, 7) is 0.728. The highest BCUT2D eigenvalue weighted by Crippen LogP contribution is 2.40. The van der Waals surface area contributed by atoms with Crippen molar-refractivity contribution in [2.24, 2.45) is 0 Å². The number of nitrogens with zero attached hydrogens (tertiary/aromatic N) is 5. The van der Waals surface area contributed by atoms with Gasteiger partial charge in [0.2, 0.25) is 10.0 Å². The third-order valence-electron chi connectivity index (χ3n) is 6.52. The van der Waals surface area contributed by atoms with Crippen LogP contribution in [0.1, 0.15) is 18.9 Å². The minimum absolute atomic E-state index is 0.00753. The standard InChI is InChI=1S/C23H22B2ClN5O4S/c24-23(25)34-19-4-3-15(12-20(19)35-23)36(32,33)30-10-6-14(7-11-30)31-21(16-5-9-27-13-17(16)26)29-18-2-1-8-28-22(18)31/h1-5,8-9,12-14H,6-7,10-11,24-25H2. The molecule has 13 heteroatoms. The molecular formula is C23H22B2ClN5O4S. The van der Waals surface area contributed by atoms with Crippen LogP contribution >= 0.6 is 11.6 Å². The number of pyridine rings is 2. The highest BCUT2D eigenvalue weighted by atomic mass is 35.5. The van der Waals surface area contributed by atoms with Crippen LogP contribution < -0.4 is 9.47 Å². The highest BCUT2D eigenvalue weighted by molar-refractivity contribution is 7.89. The fraction of sp³-hybridized carbons (Fsp3) is 0.261. The van der Waals surface area contributed by atoms with Gasteiger partial charge in [-0.2, -0.15) is 4.31 Å². The van der Waals surface area contributed by atoms with E-state index in [1.165, 1.54) is 4.31 Å². The number of ether oxygens (including phenoxy) is 2. The fourth-order valence-corrected chi connectivity index (χ4v) is 6.56. The number of hydrogen-bond acceptors (Lipinski definition) is 7. The van der Waals surface area contributed by atoms with Gasteiger partial charge in [-0.1, -0.05) is 11.6 Å². The lowest BCUT2D eigenvalue weighted by Crippen LogP contribution is -2.39. The third kappa shape index (κ3) is 3.93. The van der Waals surface area contributed by atoms with Crippen LogP contribution in [0.3, 0.4) is 0 Å². The van der Waals surface area contributed by atoms with Gasteiger partial charge in [0.1, 0.15) is 11.3 Å². The lowest BCUT2D eigenvalue weighted by molar-refractivity contribution is 0.0833. The molecule has 1 saturated heterocycles. The molecule has 0 bridgehead atoms. The molecule has 0 amide bonds. The quantitative estimate of drug-likeness (QED) is 0.378. The first-order valence-electron chi connectivity index (χ1n) is 11.7. The molecule has 0 saturated carbocycles. The molecule has 2 aliphatic rings. The van der Waals surface area contributed by atoms with Gasteiger partial charge in [0.15, 0.2) is 38.4 Å². The van der Waals surface area contributed by atoms with Crippen molar-refractivity contribution in [2.45, 2.75) is 29.4 Å². The van der Waals surface area contributed by atoms with E-state index in [2.05, 4.69) is 14.5 Å². The van der Waals surface area contributed by atoms with E-state index in [1.807, 2.05) is 18.2 Å². The summed E-state index contributed by atoms with van der Waals surface area (Å²) in [4.78, 5) is 13.7. The van der Waals surface area contributed by atoms with Crippen LogP contribution in [0.25, 0.3) is 22.6 Å². The summed E-state index contributed by atoms with van der Waals surface area (Å²) in [7, 11) is -0.125. The maximum atomic E-state index is 13.5. The van der Waals surface area contributed by atoms with Crippen LogP contribution in [0, 0.1) is 0 Å². The Morgan fingerprint density at radius 1 is 1.06 bits per heavy atom. The monoisotopic (exact) mass is 521 g/mol. The molecule has 1 aromatic carbocycles. The largest absolute Gasteiger partial charge is 0.467 e. The van der Waals surface area contributed by atoms with Gasteiger partial charge >= 0.3 is 0 Å². The number of imidazole rings is 1. The summed E-state index contributed by atoms with van der Waals surface area (Å²) in [5, 5.41) is 0.500. The smallest absolute Gasteiger partial charge is 0.243 e. The molecule has 9 nitrogen and oxygen atoms in total. The van der Waals surface area contributed by atoms with Crippen LogP contribution in [0.2, 0.25) is 5.02 Å². The van der Waals surface area contributed by atoms with Crippen LogP contribution in [0.5, 0.6) is 11.5 Å². The lowest BCUT2D eigenvalue weighted by Gasteiger charge is -2.32. The molecule has 2 aliphatic heterocycles. The van der Waals surface area contributed by atoms with Gasteiger partial charge in [0.25, 0.3) is 0 Å². The summed E-state index contributed by atoms with van der Waals surface area (Å²) < 4.78 is 42.0. The molecule has 0 aliphatic carbocycles. The predicted octanol–water partition coefficient (Wildman–Crippen LogP) is 1.82. The van der Waals surface area contributed by atoms with E-state index in [9.17, 15) is 8.42 Å². The topological polar surface area (TPSA) is 99.4 Å². The molecular weight excluding hydrogens is 499 g/mol. The number of piperidine rings is 1. The molecule has 182 valence electrons. The number of halogens is 1. The number of hydrogen-bond donors (Lipinski definition) is 0. The second-order valence-corrected chi connectivity index (χ2v) is 11.7. The van der Waals surface area contributed by atoms with Crippen molar-refractivity contribution in [1.29, 1.82) is 0 Å². The molecule has 4 aromatic rings. The van der Waals surface area contributed by atoms with Gasteiger partial charge in [-0.3, -0.25) is 4.98 Å². The van der Waals surface area contributed by atoms with Gasteiger partial charge in [-0.25, -0.2) is 18.4 Å². The van der Waals surface area contributed by atoms with E-state index < -0.39 is 15.6 Å². The zero-order valence-electron chi connectivity index (χ0n) is 19.8. The van der Waals surface area contributed by atoms with Crippen molar-refractivity contribution in [3.8, 4) is 22.9 Å². The van der Waals surface area contributed by atoms with Crippen molar-refractivity contribution >= 4 is 48.5 Å². The average Bonchev–Trinajstić information content (AvgIpc) is 3.39. The zero-order chi connectivity index (χ0) is 25.1. The number of sulfonamides is 1. The zero-order valence-corrected chi connectivity index (χ0v) is 21.3. The predicted molar refractivity (Wildman–Crippen MR) is 140 cm³/mol. The molecule has 5 heterocycles. The fourth-order valence-electron chi connectivity index (χ4n) is 4.88. The number of aromatic nitrogens is 4. The Bertz CT molecular complexity index is 1590. The maximum absolute atomic E-state index is 13.5. The SMILES string of the molecule is BC1(B)Oc2ccc(S(=O)(=O)N3CCC(n4c(-c5ccncc5Cl)nc5cccnc54)CC3)cc2O1. The summed E-state index contributed by atoms with van der Waals surface area (Å²) in [5.74, 6) is 1.68. The van der Waals surface area contributed by atoms with E-state index in [1.54, 1.807) is 52.5 Å². The van der Waals surface area contributed by atoms with Gasteiger partial charge in [0, 0.05) is 49.4 Å². The molecule has 0 unspecified atom stereocenters. The molecule has 0 radical (unpaired) electrons. The van der Waals surface area contributed by atoms with Crippen molar-refractivity contribution in [3.05, 3.63) is 60.0 Å². The van der Waals surface area contributed by atoms with E-state index in [-0.39, 0.29) is 10.9 Å². The molecule has 36 heavy (non-hydrogen) atoms. The van der Waals surface area contributed by atoms with Crippen LogP contribution in [-0.4, -0.2) is 66.6 Å². The van der Waals surface area contributed by atoms with Crippen molar-refractivity contribution in [1.82, 2.24) is 23.8 Å². The molecule has 1 fully saturated rings. The lowest BCUT2D eigenvalue weighted by atomic mass is 9.76. The van der Waals surface area contributed by atoms with Crippen LogP contribution in [0.15, 0.2) is 59.9 Å². The third-order valence-corrected chi connectivity index (χ3v) is 8.71. The Morgan fingerprint density at radius 2 is 1.83 bits per heavy atom. The van der Waals surface area contributed by atoms with E-state index in [0.29, 0.717) is 48.3 Å². The van der Waals surface area contributed by atoms with Gasteiger partial charge in [0.05, 0.1) is 9.92 Å². The second-order valence-electron chi connectivity index (χ2n) is 9.35. The first-order chi connectivity index (χ1) is 17.2. The Balaban J connectivity index is 1.29. The minimum Gasteiger partial charge on any atom is -0.467 e. The number of benzene rings is 1. The molecule has 0 N–H and O–H groups in total. The average molecular weight is 522 g/mol. The first kappa shape index (κ1) is 23.3. The maximum Gasteiger partial charge on any atom is 0.243 e. The van der Waals surface area contributed by atoms with Crippen LogP contribution in [0.4, 0.5) is 0 Å². The van der Waals surface area contributed by atoms with Crippen molar-refractivity contribution in [3.63, 3.8) is 0 Å².